The highest BCUT2D eigenvalue weighted by molar-refractivity contribution is 7.83. The zero-order valence-corrected chi connectivity index (χ0v) is 11.6. The highest BCUT2D eigenvalue weighted by atomic mass is 32.2. The summed E-state index contributed by atoms with van der Waals surface area (Å²) in [5.74, 6) is -0.800. The molecule has 2 N–H and O–H groups in total. The Kier molecular flexibility index (Phi) is 3.93. The van der Waals surface area contributed by atoms with E-state index in [2.05, 4.69) is 0 Å². The summed E-state index contributed by atoms with van der Waals surface area (Å²) in [4.78, 5) is 0. The van der Waals surface area contributed by atoms with Gasteiger partial charge in [-0.25, -0.2) is 0 Å². The molecule has 0 bridgehead atoms. The van der Waals surface area contributed by atoms with Gasteiger partial charge in [0.15, 0.2) is 5.79 Å². The van der Waals surface area contributed by atoms with Gasteiger partial charge in [-0.1, -0.05) is 30.3 Å². The average Bonchev–Trinajstić information content (AvgIpc) is 2.62. The molecule has 2 rings (SSSR count). The Balaban J connectivity index is 2.15. The summed E-state index contributed by atoms with van der Waals surface area (Å²) in [6.45, 7) is 3.47. The van der Waals surface area contributed by atoms with Crippen LogP contribution in [0.4, 0.5) is 0 Å². The van der Waals surface area contributed by atoms with Gasteiger partial charge in [-0.3, -0.25) is 4.55 Å². The summed E-state index contributed by atoms with van der Waals surface area (Å²) in [7, 11) is -4.24. The highest BCUT2D eigenvalue weighted by Crippen LogP contribution is 2.37. The number of ether oxygens (including phenoxy) is 2. The van der Waals surface area contributed by atoms with Gasteiger partial charge < -0.3 is 9.47 Å². The normalized spacial score (nSPS) is 26.5. The lowest BCUT2D eigenvalue weighted by molar-refractivity contribution is -0.146. The molecule has 1 saturated heterocycles. The molecule has 19 heavy (non-hydrogen) atoms. The fraction of sp³-hybridized carbons (Fsp3) is 0.500. The zero-order chi connectivity index (χ0) is 14.1. The number of benzene rings is 1. The van der Waals surface area contributed by atoms with Crippen LogP contribution < -0.4 is 4.72 Å². The Bertz CT molecular complexity index is 528. The number of hydrogen-bond donors (Lipinski definition) is 2. The van der Waals surface area contributed by atoms with E-state index in [0.29, 0.717) is 0 Å². The van der Waals surface area contributed by atoms with Crippen LogP contribution in [-0.4, -0.2) is 31.4 Å². The largest absolute Gasteiger partial charge is 0.343 e. The molecule has 6 nitrogen and oxygen atoms in total. The van der Waals surface area contributed by atoms with Crippen LogP contribution in [0.3, 0.4) is 0 Å². The number of rotatable bonds is 4. The van der Waals surface area contributed by atoms with E-state index in [0.717, 1.165) is 5.56 Å². The van der Waals surface area contributed by atoms with E-state index in [9.17, 15) is 8.42 Å². The maximum Gasteiger partial charge on any atom is 0.333 e. The summed E-state index contributed by atoms with van der Waals surface area (Å²) < 4.78 is 43.7. The van der Waals surface area contributed by atoms with E-state index < -0.39 is 22.2 Å². The molecule has 2 unspecified atom stereocenters. The van der Waals surface area contributed by atoms with Gasteiger partial charge in [-0.05, 0) is 19.4 Å². The lowest BCUT2D eigenvalue weighted by Crippen LogP contribution is -2.34. The van der Waals surface area contributed by atoms with Crippen molar-refractivity contribution >= 4 is 10.3 Å². The fourth-order valence-corrected chi connectivity index (χ4v) is 2.47. The van der Waals surface area contributed by atoms with Crippen LogP contribution >= 0.6 is 0 Å². The van der Waals surface area contributed by atoms with Gasteiger partial charge in [0.25, 0.3) is 0 Å². The maximum absolute atomic E-state index is 10.7. The van der Waals surface area contributed by atoms with Gasteiger partial charge in [-0.2, -0.15) is 13.1 Å². The smallest absolute Gasteiger partial charge is 0.333 e. The summed E-state index contributed by atoms with van der Waals surface area (Å²) in [5.41, 5.74) is 0.898. The third-order valence-corrected chi connectivity index (χ3v) is 3.31. The van der Waals surface area contributed by atoms with Crippen LogP contribution in [0.25, 0.3) is 0 Å². The van der Waals surface area contributed by atoms with Crippen LogP contribution in [0, 0.1) is 0 Å². The molecule has 1 aliphatic heterocycles. The predicted octanol–water partition coefficient (Wildman–Crippen LogP) is 1.27. The second-order valence-electron chi connectivity index (χ2n) is 4.83. The third kappa shape index (κ3) is 3.99. The van der Waals surface area contributed by atoms with E-state index >= 15 is 0 Å². The summed E-state index contributed by atoms with van der Waals surface area (Å²) in [6.07, 6.45) is -0.884. The first-order chi connectivity index (χ1) is 8.77. The predicted molar refractivity (Wildman–Crippen MR) is 68.8 cm³/mol. The van der Waals surface area contributed by atoms with Gasteiger partial charge in [0.05, 0.1) is 0 Å². The van der Waals surface area contributed by atoms with Gasteiger partial charge in [-0.15, -0.1) is 0 Å². The Morgan fingerprint density at radius 1 is 1.26 bits per heavy atom. The molecule has 0 amide bonds. The number of nitrogens with one attached hydrogen (secondary N) is 1. The molecule has 2 atom stereocenters. The standard InChI is InChI=1S/C12H17NO5S/c1-12(2)17-10(8-13-19(14,15)16)11(18-12)9-6-4-3-5-7-9/h3-7,10-11,13H,8H2,1-2H3,(H,14,15,16). The van der Waals surface area contributed by atoms with Crippen molar-refractivity contribution in [2.45, 2.75) is 31.8 Å². The Morgan fingerprint density at radius 3 is 2.47 bits per heavy atom. The molecule has 0 aromatic heterocycles. The minimum absolute atomic E-state index is 0.0537. The van der Waals surface area contributed by atoms with Crippen LogP contribution in [0.1, 0.15) is 25.5 Å². The zero-order valence-electron chi connectivity index (χ0n) is 10.7. The van der Waals surface area contributed by atoms with E-state index in [-0.39, 0.29) is 12.6 Å². The summed E-state index contributed by atoms with van der Waals surface area (Å²) in [6, 6.07) is 9.40. The van der Waals surface area contributed by atoms with Gasteiger partial charge in [0, 0.05) is 6.54 Å². The molecule has 0 aliphatic carbocycles. The highest BCUT2D eigenvalue weighted by Gasteiger charge is 2.42. The van der Waals surface area contributed by atoms with Gasteiger partial charge in [0.1, 0.15) is 12.2 Å². The first kappa shape index (κ1) is 14.4. The lowest BCUT2D eigenvalue weighted by Gasteiger charge is -2.16. The Hall–Kier alpha value is -0.990. The van der Waals surface area contributed by atoms with Gasteiger partial charge >= 0.3 is 10.3 Å². The van der Waals surface area contributed by atoms with Crippen molar-refractivity contribution in [3.63, 3.8) is 0 Å². The van der Waals surface area contributed by atoms with E-state index in [1.165, 1.54) is 0 Å². The second-order valence-corrected chi connectivity index (χ2v) is 6.07. The lowest BCUT2D eigenvalue weighted by atomic mass is 10.1. The van der Waals surface area contributed by atoms with Crippen LogP contribution in [0.2, 0.25) is 0 Å². The molecule has 0 spiro atoms. The molecule has 1 heterocycles. The quantitative estimate of drug-likeness (QED) is 0.815. The first-order valence-corrected chi connectivity index (χ1v) is 7.33. The molecule has 0 radical (unpaired) electrons. The molecule has 1 aliphatic rings. The van der Waals surface area contributed by atoms with Gasteiger partial charge in [0.2, 0.25) is 0 Å². The van der Waals surface area contributed by atoms with Crippen molar-refractivity contribution in [3.05, 3.63) is 35.9 Å². The molecular weight excluding hydrogens is 270 g/mol. The summed E-state index contributed by atoms with van der Waals surface area (Å²) >= 11 is 0. The summed E-state index contributed by atoms with van der Waals surface area (Å²) in [5, 5.41) is 0. The topological polar surface area (TPSA) is 84.9 Å². The first-order valence-electron chi connectivity index (χ1n) is 5.89. The van der Waals surface area contributed by atoms with E-state index in [1.807, 2.05) is 35.1 Å². The fourth-order valence-electron chi connectivity index (χ4n) is 2.10. The SMILES string of the molecule is CC1(C)OC(CNS(=O)(=O)O)C(c2ccccc2)O1. The van der Waals surface area contributed by atoms with E-state index in [1.54, 1.807) is 13.8 Å². The average molecular weight is 287 g/mol. The van der Waals surface area contributed by atoms with Crippen molar-refractivity contribution in [1.29, 1.82) is 0 Å². The molecule has 1 fully saturated rings. The number of hydrogen-bond acceptors (Lipinski definition) is 4. The van der Waals surface area contributed by atoms with Crippen molar-refractivity contribution in [2.75, 3.05) is 6.54 Å². The molecule has 0 saturated carbocycles. The van der Waals surface area contributed by atoms with Crippen LogP contribution in [0.15, 0.2) is 30.3 Å². The Labute approximate surface area is 112 Å². The van der Waals surface area contributed by atoms with Crippen molar-refractivity contribution in [3.8, 4) is 0 Å². The van der Waals surface area contributed by atoms with Crippen molar-refractivity contribution in [1.82, 2.24) is 4.72 Å². The molecule has 7 heteroatoms. The van der Waals surface area contributed by atoms with E-state index in [4.69, 9.17) is 14.0 Å². The maximum atomic E-state index is 10.7. The molecule has 1 aromatic rings. The third-order valence-electron chi connectivity index (χ3n) is 2.78. The molecule has 1 aromatic carbocycles. The monoisotopic (exact) mass is 287 g/mol. The van der Waals surface area contributed by atoms with Crippen molar-refractivity contribution in [2.24, 2.45) is 0 Å². The van der Waals surface area contributed by atoms with Crippen LogP contribution in [0.5, 0.6) is 0 Å². The molecular formula is C12H17NO5S. The van der Waals surface area contributed by atoms with Crippen molar-refractivity contribution < 1.29 is 22.4 Å². The minimum Gasteiger partial charge on any atom is -0.343 e. The molecule has 106 valence electrons. The Morgan fingerprint density at radius 2 is 1.89 bits per heavy atom. The minimum atomic E-state index is -4.24. The second kappa shape index (κ2) is 5.18. The van der Waals surface area contributed by atoms with Crippen LogP contribution in [-0.2, 0) is 19.8 Å².